The SMILES string of the molecule is CCC(C)(C)C1(F)OC(F)(F)C(F)(F)C(F)(C(C)(C)CC)C1(F)F. The van der Waals surface area contributed by atoms with Crippen LogP contribution in [0.3, 0.4) is 0 Å². The summed E-state index contributed by atoms with van der Waals surface area (Å²) in [7, 11) is 0. The van der Waals surface area contributed by atoms with E-state index in [2.05, 4.69) is 4.74 Å². The standard InChI is InChI=1S/C15H22F8O/c1-7-9(3,4)11(16)12(17,18)14(21,10(5,6)8-2)24-15(22,23)13(11,19)20/h7-8H2,1-6H3. The van der Waals surface area contributed by atoms with Crippen molar-refractivity contribution in [3.8, 4) is 0 Å². The number of halogens is 8. The molecular weight excluding hydrogens is 348 g/mol. The van der Waals surface area contributed by atoms with Crippen LogP contribution in [-0.4, -0.2) is 29.5 Å². The first-order valence-corrected chi connectivity index (χ1v) is 7.54. The molecule has 0 N–H and O–H groups in total. The maximum Gasteiger partial charge on any atom is 0.425 e. The molecule has 0 bridgehead atoms. The van der Waals surface area contributed by atoms with Gasteiger partial charge in [-0.1, -0.05) is 41.5 Å². The van der Waals surface area contributed by atoms with Crippen molar-refractivity contribution in [2.75, 3.05) is 0 Å². The second-order valence-electron chi connectivity index (χ2n) is 7.50. The number of rotatable bonds is 4. The lowest BCUT2D eigenvalue weighted by molar-refractivity contribution is -0.542. The van der Waals surface area contributed by atoms with Gasteiger partial charge in [0.25, 0.3) is 11.5 Å². The van der Waals surface area contributed by atoms with Crippen LogP contribution < -0.4 is 0 Å². The highest BCUT2D eigenvalue weighted by Crippen LogP contribution is 2.70. The van der Waals surface area contributed by atoms with Gasteiger partial charge in [0.2, 0.25) is 0 Å². The van der Waals surface area contributed by atoms with Gasteiger partial charge in [0, 0.05) is 10.8 Å². The van der Waals surface area contributed by atoms with Crippen LogP contribution in [0.2, 0.25) is 0 Å². The number of ether oxygens (including phenoxy) is 1. The molecule has 2 unspecified atom stereocenters. The lowest BCUT2D eigenvalue weighted by Gasteiger charge is -2.59. The van der Waals surface area contributed by atoms with Crippen molar-refractivity contribution in [1.29, 1.82) is 0 Å². The quantitative estimate of drug-likeness (QED) is 0.541. The van der Waals surface area contributed by atoms with Crippen molar-refractivity contribution in [1.82, 2.24) is 0 Å². The Balaban J connectivity index is 3.91. The van der Waals surface area contributed by atoms with Crippen LogP contribution in [0.15, 0.2) is 0 Å². The number of hydrogen-bond donors (Lipinski definition) is 0. The van der Waals surface area contributed by atoms with Gasteiger partial charge in [-0.25, -0.2) is 8.78 Å². The molecule has 144 valence electrons. The third kappa shape index (κ3) is 2.08. The van der Waals surface area contributed by atoms with Crippen LogP contribution >= 0.6 is 0 Å². The van der Waals surface area contributed by atoms with Crippen molar-refractivity contribution in [2.45, 2.75) is 83.9 Å². The van der Waals surface area contributed by atoms with Gasteiger partial charge in [0.1, 0.15) is 0 Å². The van der Waals surface area contributed by atoms with Gasteiger partial charge in [-0.05, 0) is 12.8 Å². The first-order valence-electron chi connectivity index (χ1n) is 7.54. The fourth-order valence-electron chi connectivity index (χ4n) is 2.81. The topological polar surface area (TPSA) is 9.23 Å². The maximum absolute atomic E-state index is 15.3. The highest BCUT2D eigenvalue weighted by Gasteiger charge is 2.94. The number of hydrogen-bond acceptors (Lipinski definition) is 1. The van der Waals surface area contributed by atoms with E-state index in [1.807, 2.05) is 0 Å². The Morgan fingerprint density at radius 3 is 1.38 bits per heavy atom. The Bertz CT molecular complexity index is 502. The summed E-state index contributed by atoms with van der Waals surface area (Å²) in [4.78, 5) is 0. The van der Waals surface area contributed by atoms with Crippen LogP contribution in [0.25, 0.3) is 0 Å². The van der Waals surface area contributed by atoms with Crippen LogP contribution in [0.4, 0.5) is 35.1 Å². The Hall–Kier alpha value is -0.600. The van der Waals surface area contributed by atoms with E-state index in [4.69, 9.17) is 0 Å². The van der Waals surface area contributed by atoms with E-state index in [1.165, 1.54) is 6.92 Å². The van der Waals surface area contributed by atoms with Crippen molar-refractivity contribution >= 4 is 0 Å². The molecule has 1 nitrogen and oxygen atoms in total. The molecule has 24 heavy (non-hydrogen) atoms. The van der Waals surface area contributed by atoms with Gasteiger partial charge in [-0.15, -0.1) is 0 Å². The van der Waals surface area contributed by atoms with E-state index in [9.17, 15) is 26.3 Å². The van der Waals surface area contributed by atoms with E-state index >= 15 is 8.78 Å². The molecule has 0 aromatic rings. The van der Waals surface area contributed by atoms with Crippen LogP contribution in [0.1, 0.15) is 54.4 Å². The summed E-state index contributed by atoms with van der Waals surface area (Å²) < 4.78 is 119. The lowest BCUT2D eigenvalue weighted by Crippen LogP contribution is -2.83. The molecule has 1 aliphatic rings. The molecule has 0 aliphatic carbocycles. The Labute approximate surface area is 135 Å². The van der Waals surface area contributed by atoms with Crippen LogP contribution in [0, 0.1) is 10.8 Å². The summed E-state index contributed by atoms with van der Waals surface area (Å²) in [6.45, 7) is 5.10. The minimum atomic E-state index is -5.94. The van der Waals surface area contributed by atoms with E-state index in [-0.39, 0.29) is 0 Å². The van der Waals surface area contributed by atoms with Crippen molar-refractivity contribution in [2.24, 2.45) is 10.8 Å². The van der Waals surface area contributed by atoms with Gasteiger partial charge in [-0.2, -0.15) is 26.3 Å². The normalized spacial score (nSPS) is 35.8. The first kappa shape index (κ1) is 21.4. The average molecular weight is 370 g/mol. The fraction of sp³-hybridized carbons (Fsp3) is 1.00. The summed E-state index contributed by atoms with van der Waals surface area (Å²) >= 11 is 0. The molecule has 0 aromatic heterocycles. The Morgan fingerprint density at radius 2 is 1.04 bits per heavy atom. The monoisotopic (exact) mass is 370 g/mol. The lowest BCUT2D eigenvalue weighted by atomic mass is 9.60. The van der Waals surface area contributed by atoms with Crippen LogP contribution in [-0.2, 0) is 4.74 Å². The van der Waals surface area contributed by atoms with Crippen molar-refractivity contribution in [3.63, 3.8) is 0 Å². The minimum absolute atomic E-state index is 0.483. The van der Waals surface area contributed by atoms with Crippen molar-refractivity contribution in [3.05, 3.63) is 0 Å². The average Bonchev–Trinajstić information content (AvgIpc) is 2.43. The summed E-state index contributed by atoms with van der Waals surface area (Å²) in [5.74, 6) is -16.1. The molecule has 0 aromatic carbocycles. The Kier molecular flexibility index (Phi) is 4.65. The smallest absolute Gasteiger partial charge is 0.271 e. The van der Waals surface area contributed by atoms with Gasteiger partial charge in [0.05, 0.1) is 0 Å². The van der Waals surface area contributed by atoms with Gasteiger partial charge in [-0.3, -0.25) is 4.74 Å². The minimum Gasteiger partial charge on any atom is -0.271 e. The number of alkyl halides is 8. The molecule has 0 amide bonds. The van der Waals surface area contributed by atoms with E-state index < -0.39 is 53.1 Å². The van der Waals surface area contributed by atoms with Gasteiger partial charge < -0.3 is 0 Å². The third-order valence-corrected chi connectivity index (χ3v) is 5.47. The summed E-state index contributed by atoms with van der Waals surface area (Å²) in [6, 6.07) is 0. The molecule has 1 aliphatic heterocycles. The zero-order valence-corrected chi connectivity index (χ0v) is 14.3. The zero-order valence-electron chi connectivity index (χ0n) is 14.3. The molecule has 2 atom stereocenters. The first-order chi connectivity index (χ1) is 10.3. The molecule has 0 saturated carbocycles. The zero-order chi connectivity index (χ0) is 19.6. The molecule has 1 fully saturated rings. The third-order valence-electron chi connectivity index (χ3n) is 5.47. The fourth-order valence-corrected chi connectivity index (χ4v) is 2.81. The molecular formula is C15H22F8O. The predicted octanol–water partition coefficient (Wildman–Crippen LogP) is 6.13. The highest BCUT2D eigenvalue weighted by molar-refractivity contribution is 5.23. The second kappa shape index (κ2) is 5.20. The summed E-state index contributed by atoms with van der Waals surface area (Å²) in [6.07, 6.45) is -6.90. The molecule has 1 saturated heterocycles. The van der Waals surface area contributed by atoms with E-state index in [1.54, 1.807) is 0 Å². The molecule has 1 heterocycles. The Morgan fingerprint density at radius 1 is 0.667 bits per heavy atom. The predicted molar refractivity (Wildman–Crippen MR) is 71.7 cm³/mol. The van der Waals surface area contributed by atoms with Crippen molar-refractivity contribution < 1.29 is 39.9 Å². The molecule has 9 heteroatoms. The summed E-state index contributed by atoms with van der Waals surface area (Å²) in [5, 5.41) is 0. The van der Waals surface area contributed by atoms with E-state index in [0.29, 0.717) is 13.8 Å². The largest absolute Gasteiger partial charge is 0.425 e. The second-order valence-corrected chi connectivity index (χ2v) is 7.50. The highest BCUT2D eigenvalue weighted by atomic mass is 19.3. The summed E-state index contributed by atoms with van der Waals surface area (Å²) in [5.41, 5.74) is -10.2. The van der Waals surface area contributed by atoms with Crippen LogP contribution in [0.5, 0.6) is 0 Å². The van der Waals surface area contributed by atoms with Gasteiger partial charge >= 0.3 is 18.0 Å². The molecule has 0 radical (unpaired) electrons. The van der Waals surface area contributed by atoms with E-state index in [0.717, 1.165) is 20.8 Å². The molecule has 0 spiro atoms. The van der Waals surface area contributed by atoms with Gasteiger partial charge in [0.15, 0.2) is 0 Å². The molecule has 1 rings (SSSR count). The maximum atomic E-state index is 15.3.